The van der Waals surface area contributed by atoms with Crippen LogP contribution in [0.3, 0.4) is 0 Å². The molecule has 1 amide bonds. The lowest BCUT2D eigenvalue weighted by molar-refractivity contribution is -0.118. The maximum absolute atomic E-state index is 12.6. The molecule has 2 aromatic rings. The minimum absolute atomic E-state index is 0. The summed E-state index contributed by atoms with van der Waals surface area (Å²) in [4.78, 5) is 18.7. The van der Waals surface area contributed by atoms with Crippen LogP contribution in [0.1, 0.15) is 24.0 Å². The average molecular weight is 536 g/mol. The molecule has 0 unspecified atom stereocenters. The normalized spacial score (nSPS) is 14.1. The third-order valence-electron chi connectivity index (χ3n) is 5.41. The number of para-hydroxylation sites is 1. The van der Waals surface area contributed by atoms with Gasteiger partial charge in [-0.25, -0.2) is 0 Å². The number of amides is 1. The number of rotatable bonds is 7. The maximum Gasteiger partial charge on any atom is 0.231 e. The standard InChI is InChI=1S/C23H28N4O3.HI/c1-24-23(26-13-10-17-8-9-20-21(15-17)30-16-29-20)25-12-4-7-22(28)27-14-11-18-5-2-3-6-19(18)27;/h2-3,5-6,8-9,15H,4,7,10-14,16H2,1H3,(H2,24,25,26);1H. The number of aliphatic imine (C=N–C) groups is 1. The summed E-state index contributed by atoms with van der Waals surface area (Å²) in [5.74, 6) is 2.54. The van der Waals surface area contributed by atoms with Crippen LogP contribution in [-0.4, -0.2) is 45.3 Å². The SMILES string of the molecule is CN=C(NCCCC(=O)N1CCc2ccccc21)NCCc1ccc2c(c1)OCO2.I. The number of anilines is 1. The number of fused-ring (bicyclic) bond motifs is 2. The fraction of sp³-hybridized carbons (Fsp3) is 0.391. The molecule has 4 rings (SSSR count). The zero-order valence-electron chi connectivity index (χ0n) is 17.7. The average Bonchev–Trinajstić information content (AvgIpc) is 3.41. The molecule has 0 fully saturated rings. The van der Waals surface area contributed by atoms with Gasteiger partial charge in [-0.05, 0) is 48.6 Å². The van der Waals surface area contributed by atoms with Crippen molar-refractivity contribution in [3.8, 4) is 11.5 Å². The number of carbonyl (C=O) groups is 1. The molecule has 166 valence electrons. The quantitative estimate of drug-likeness (QED) is 0.246. The van der Waals surface area contributed by atoms with Crippen LogP contribution >= 0.6 is 24.0 Å². The molecular formula is C23H29IN4O3. The van der Waals surface area contributed by atoms with Gasteiger partial charge in [0.1, 0.15) is 0 Å². The van der Waals surface area contributed by atoms with Gasteiger partial charge in [0.25, 0.3) is 0 Å². The molecule has 2 heterocycles. The second kappa shape index (κ2) is 11.2. The number of ether oxygens (including phenoxy) is 2. The van der Waals surface area contributed by atoms with E-state index in [1.165, 1.54) is 11.1 Å². The topological polar surface area (TPSA) is 75.2 Å². The predicted molar refractivity (Wildman–Crippen MR) is 133 cm³/mol. The van der Waals surface area contributed by atoms with E-state index in [-0.39, 0.29) is 29.9 Å². The Balaban J connectivity index is 0.00000272. The first-order valence-electron chi connectivity index (χ1n) is 10.5. The monoisotopic (exact) mass is 536 g/mol. The molecule has 0 aliphatic carbocycles. The fourth-order valence-corrected chi connectivity index (χ4v) is 3.82. The summed E-state index contributed by atoms with van der Waals surface area (Å²) in [6.07, 6.45) is 3.08. The highest BCUT2D eigenvalue weighted by molar-refractivity contribution is 14.0. The number of hydrogen-bond acceptors (Lipinski definition) is 4. The molecule has 8 heteroatoms. The highest BCUT2D eigenvalue weighted by Crippen LogP contribution is 2.32. The van der Waals surface area contributed by atoms with Crippen molar-refractivity contribution in [2.45, 2.75) is 25.7 Å². The number of benzene rings is 2. The van der Waals surface area contributed by atoms with E-state index in [0.717, 1.165) is 55.5 Å². The Labute approximate surface area is 200 Å². The van der Waals surface area contributed by atoms with Crippen molar-refractivity contribution >= 4 is 41.5 Å². The lowest BCUT2D eigenvalue weighted by Gasteiger charge is -2.17. The van der Waals surface area contributed by atoms with Crippen molar-refractivity contribution in [3.05, 3.63) is 53.6 Å². The van der Waals surface area contributed by atoms with E-state index in [2.05, 4.69) is 21.7 Å². The minimum atomic E-state index is 0. The predicted octanol–water partition coefficient (Wildman–Crippen LogP) is 3.11. The first-order valence-corrected chi connectivity index (χ1v) is 10.5. The molecule has 0 spiro atoms. The highest BCUT2D eigenvalue weighted by Gasteiger charge is 2.23. The van der Waals surface area contributed by atoms with Gasteiger partial charge >= 0.3 is 0 Å². The van der Waals surface area contributed by atoms with E-state index < -0.39 is 0 Å². The lowest BCUT2D eigenvalue weighted by Crippen LogP contribution is -2.39. The summed E-state index contributed by atoms with van der Waals surface area (Å²) in [6.45, 7) is 2.53. The maximum atomic E-state index is 12.6. The molecule has 0 aromatic heterocycles. The summed E-state index contributed by atoms with van der Waals surface area (Å²) in [5.41, 5.74) is 3.51. The van der Waals surface area contributed by atoms with Crippen molar-refractivity contribution in [2.75, 3.05) is 38.4 Å². The molecule has 31 heavy (non-hydrogen) atoms. The Morgan fingerprint density at radius 3 is 2.77 bits per heavy atom. The second-order valence-electron chi connectivity index (χ2n) is 7.39. The van der Waals surface area contributed by atoms with Gasteiger partial charge in [0, 0.05) is 38.8 Å². The molecule has 2 aliphatic rings. The Morgan fingerprint density at radius 2 is 1.90 bits per heavy atom. The molecule has 0 atom stereocenters. The summed E-state index contributed by atoms with van der Waals surface area (Å²) < 4.78 is 10.8. The molecule has 0 radical (unpaired) electrons. The van der Waals surface area contributed by atoms with Crippen LogP contribution in [0.25, 0.3) is 0 Å². The van der Waals surface area contributed by atoms with Gasteiger partial charge in [0.15, 0.2) is 17.5 Å². The first-order chi connectivity index (χ1) is 14.7. The lowest BCUT2D eigenvalue weighted by atomic mass is 10.1. The van der Waals surface area contributed by atoms with Crippen LogP contribution in [0.5, 0.6) is 11.5 Å². The van der Waals surface area contributed by atoms with E-state index >= 15 is 0 Å². The fourth-order valence-electron chi connectivity index (χ4n) is 3.82. The van der Waals surface area contributed by atoms with Crippen molar-refractivity contribution in [3.63, 3.8) is 0 Å². The van der Waals surface area contributed by atoms with E-state index in [1.54, 1.807) is 7.05 Å². The smallest absolute Gasteiger partial charge is 0.231 e. The van der Waals surface area contributed by atoms with Crippen LogP contribution in [0.15, 0.2) is 47.5 Å². The second-order valence-corrected chi connectivity index (χ2v) is 7.39. The van der Waals surface area contributed by atoms with Gasteiger partial charge in [-0.15, -0.1) is 24.0 Å². The van der Waals surface area contributed by atoms with E-state index in [1.807, 2.05) is 41.3 Å². The zero-order chi connectivity index (χ0) is 20.8. The number of carbonyl (C=O) groups excluding carboxylic acids is 1. The van der Waals surface area contributed by atoms with Crippen LogP contribution in [0.4, 0.5) is 5.69 Å². The number of hydrogen-bond donors (Lipinski definition) is 2. The van der Waals surface area contributed by atoms with Crippen LogP contribution in [0, 0.1) is 0 Å². The summed E-state index contributed by atoms with van der Waals surface area (Å²) in [5, 5.41) is 6.60. The van der Waals surface area contributed by atoms with Gasteiger partial charge in [-0.2, -0.15) is 0 Å². The van der Waals surface area contributed by atoms with Gasteiger partial charge in [-0.3, -0.25) is 9.79 Å². The number of guanidine groups is 1. The van der Waals surface area contributed by atoms with Crippen molar-refractivity contribution in [2.24, 2.45) is 4.99 Å². The van der Waals surface area contributed by atoms with Crippen LogP contribution in [0.2, 0.25) is 0 Å². The summed E-state index contributed by atoms with van der Waals surface area (Å²) in [6, 6.07) is 14.2. The van der Waals surface area contributed by atoms with Crippen molar-refractivity contribution in [1.29, 1.82) is 0 Å². The summed E-state index contributed by atoms with van der Waals surface area (Å²) in [7, 11) is 1.75. The molecule has 7 nitrogen and oxygen atoms in total. The van der Waals surface area contributed by atoms with Crippen LogP contribution < -0.4 is 25.0 Å². The Hall–Kier alpha value is -2.49. The molecular weight excluding hydrogens is 507 g/mol. The molecule has 2 N–H and O–H groups in total. The zero-order valence-corrected chi connectivity index (χ0v) is 20.1. The van der Waals surface area contributed by atoms with Crippen LogP contribution in [-0.2, 0) is 17.6 Å². The van der Waals surface area contributed by atoms with Gasteiger partial charge < -0.3 is 25.0 Å². The molecule has 0 saturated heterocycles. The van der Waals surface area contributed by atoms with Gasteiger partial charge in [0.2, 0.25) is 12.7 Å². The molecule has 0 saturated carbocycles. The Bertz CT molecular complexity index is 935. The number of nitrogens with one attached hydrogen (secondary N) is 2. The van der Waals surface area contributed by atoms with Crippen molar-refractivity contribution < 1.29 is 14.3 Å². The molecule has 0 bridgehead atoms. The van der Waals surface area contributed by atoms with Gasteiger partial charge in [0.05, 0.1) is 0 Å². The molecule has 2 aromatic carbocycles. The third-order valence-corrected chi connectivity index (χ3v) is 5.41. The first kappa shape index (κ1) is 23.2. The van der Waals surface area contributed by atoms with E-state index in [4.69, 9.17) is 9.47 Å². The third kappa shape index (κ3) is 5.81. The van der Waals surface area contributed by atoms with Crippen molar-refractivity contribution in [1.82, 2.24) is 10.6 Å². The minimum Gasteiger partial charge on any atom is -0.454 e. The van der Waals surface area contributed by atoms with E-state index in [9.17, 15) is 4.79 Å². The Morgan fingerprint density at radius 1 is 1.10 bits per heavy atom. The largest absolute Gasteiger partial charge is 0.454 e. The molecule has 2 aliphatic heterocycles. The van der Waals surface area contributed by atoms with E-state index in [0.29, 0.717) is 19.8 Å². The highest BCUT2D eigenvalue weighted by atomic mass is 127. The number of nitrogens with zero attached hydrogens (tertiary/aromatic N) is 2. The summed E-state index contributed by atoms with van der Waals surface area (Å²) >= 11 is 0. The number of halogens is 1. The Kier molecular flexibility index (Phi) is 8.39. The van der Waals surface area contributed by atoms with Gasteiger partial charge in [-0.1, -0.05) is 24.3 Å².